The molecule has 0 saturated heterocycles. The van der Waals surface area contributed by atoms with E-state index in [9.17, 15) is 9.59 Å². The quantitative estimate of drug-likeness (QED) is 0.579. The lowest BCUT2D eigenvalue weighted by Gasteiger charge is -2.39. The maximum Gasteiger partial charge on any atom is 0.318 e. The Kier molecular flexibility index (Phi) is 5.98. The van der Waals surface area contributed by atoms with Crippen LogP contribution in [0.3, 0.4) is 0 Å². The van der Waals surface area contributed by atoms with E-state index in [0.29, 0.717) is 6.54 Å². The summed E-state index contributed by atoms with van der Waals surface area (Å²) in [5.74, 6) is -0.408. The second kappa shape index (κ2) is 6.44. The number of imide groups is 1. The second-order valence-electron chi connectivity index (χ2n) is 3.90. The molecule has 0 unspecified atom stereocenters. The molecule has 0 radical (unpaired) electrons. The maximum atomic E-state index is 11.4. The molecular formula is C10H22N4O2. The first-order valence-electron chi connectivity index (χ1n) is 5.42. The van der Waals surface area contributed by atoms with Gasteiger partial charge in [-0.3, -0.25) is 15.0 Å². The molecule has 0 aromatic heterocycles. The third kappa shape index (κ3) is 3.79. The molecule has 0 aliphatic carbocycles. The van der Waals surface area contributed by atoms with Crippen molar-refractivity contribution in [2.45, 2.75) is 32.2 Å². The van der Waals surface area contributed by atoms with Gasteiger partial charge in [-0.05, 0) is 19.9 Å². The number of primary amides is 1. The van der Waals surface area contributed by atoms with Gasteiger partial charge in [-0.2, -0.15) is 0 Å². The molecule has 6 heteroatoms. The normalized spacial score (nSPS) is 11.6. The van der Waals surface area contributed by atoms with Gasteiger partial charge in [0.15, 0.2) is 0 Å². The number of nitrogens with one attached hydrogen (secondary N) is 1. The topological polar surface area (TPSA) is 101 Å². The number of amides is 3. The van der Waals surface area contributed by atoms with Crippen LogP contribution in [0.2, 0.25) is 0 Å². The van der Waals surface area contributed by atoms with E-state index in [1.54, 1.807) is 0 Å². The number of carbonyl (C=O) groups is 2. The fraction of sp³-hybridized carbons (Fsp3) is 0.800. The van der Waals surface area contributed by atoms with E-state index in [4.69, 9.17) is 11.5 Å². The van der Waals surface area contributed by atoms with Gasteiger partial charge in [-0.1, -0.05) is 13.8 Å². The molecule has 0 heterocycles. The van der Waals surface area contributed by atoms with Crippen LogP contribution in [0.5, 0.6) is 0 Å². The predicted octanol–water partition coefficient (Wildman–Crippen LogP) is -0.369. The molecule has 5 N–H and O–H groups in total. The van der Waals surface area contributed by atoms with E-state index in [1.807, 2.05) is 31.1 Å². The smallest absolute Gasteiger partial charge is 0.318 e. The van der Waals surface area contributed by atoms with E-state index >= 15 is 0 Å². The predicted molar refractivity (Wildman–Crippen MR) is 62.7 cm³/mol. The maximum absolute atomic E-state index is 11.4. The summed E-state index contributed by atoms with van der Waals surface area (Å²) in [6, 6.07) is -0.829. The second-order valence-corrected chi connectivity index (χ2v) is 3.90. The Balaban J connectivity index is 4.47. The Bertz CT molecular complexity index is 243. The average Bonchev–Trinajstić information content (AvgIpc) is 2.19. The van der Waals surface area contributed by atoms with Gasteiger partial charge in [0.2, 0.25) is 5.91 Å². The molecule has 0 atom stereocenters. The summed E-state index contributed by atoms with van der Waals surface area (Å²) in [5.41, 5.74) is 10.4. The average molecular weight is 230 g/mol. The van der Waals surface area contributed by atoms with Crippen LogP contribution in [0.15, 0.2) is 0 Å². The minimum absolute atomic E-state index is 0.113. The summed E-state index contributed by atoms with van der Waals surface area (Å²) < 4.78 is 0. The van der Waals surface area contributed by atoms with Gasteiger partial charge in [-0.15, -0.1) is 0 Å². The fourth-order valence-corrected chi connectivity index (χ4v) is 1.79. The summed E-state index contributed by atoms with van der Waals surface area (Å²) in [6.45, 7) is 4.64. The highest BCUT2D eigenvalue weighted by atomic mass is 16.2. The van der Waals surface area contributed by atoms with Crippen molar-refractivity contribution in [3.63, 3.8) is 0 Å². The van der Waals surface area contributed by atoms with Gasteiger partial charge >= 0.3 is 6.03 Å². The van der Waals surface area contributed by atoms with Crippen LogP contribution in [0.1, 0.15) is 26.7 Å². The minimum Gasteiger partial charge on any atom is -0.351 e. The first-order chi connectivity index (χ1) is 7.41. The number of nitrogens with zero attached hydrogens (tertiary/aromatic N) is 1. The summed E-state index contributed by atoms with van der Waals surface area (Å²) in [4.78, 5) is 23.7. The highest BCUT2D eigenvalue weighted by molar-refractivity contribution is 5.94. The summed E-state index contributed by atoms with van der Waals surface area (Å²) >= 11 is 0. The van der Waals surface area contributed by atoms with Crippen LogP contribution in [0.25, 0.3) is 0 Å². The zero-order valence-corrected chi connectivity index (χ0v) is 10.2. The number of rotatable bonds is 6. The van der Waals surface area contributed by atoms with Gasteiger partial charge in [0, 0.05) is 12.1 Å². The SMILES string of the molecule is CCC(CC)(CN)N(C)CC(=O)NC(N)=O. The number of hydrogen-bond acceptors (Lipinski definition) is 4. The Morgan fingerprint density at radius 2 is 1.81 bits per heavy atom. The summed E-state index contributed by atoms with van der Waals surface area (Å²) in [5, 5.41) is 2.04. The third-order valence-corrected chi connectivity index (χ3v) is 3.15. The number of nitrogens with two attached hydrogens (primary N) is 2. The van der Waals surface area contributed by atoms with Crippen LogP contribution in [0.4, 0.5) is 4.79 Å². The van der Waals surface area contributed by atoms with Crippen molar-refractivity contribution in [3.05, 3.63) is 0 Å². The monoisotopic (exact) mass is 230 g/mol. The Morgan fingerprint density at radius 1 is 1.31 bits per heavy atom. The molecule has 0 bridgehead atoms. The fourth-order valence-electron chi connectivity index (χ4n) is 1.79. The van der Waals surface area contributed by atoms with E-state index in [-0.39, 0.29) is 12.1 Å². The molecule has 0 rings (SSSR count). The lowest BCUT2D eigenvalue weighted by molar-refractivity contribution is -0.122. The molecule has 0 spiro atoms. The van der Waals surface area contributed by atoms with Crippen molar-refractivity contribution in [2.75, 3.05) is 20.1 Å². The molecule has 16 heavy (non-hydrogen) atoms. The first kappa shape index (κ1) is 14.9. The van der Waals surface area contributed by atoms with E-state index in [1.165, 1.54) is 0 Å². The molecule has 0 saturated carbocycles. The number of hydrogen-bond donors (Lipinski definition) is 3. The molecule has 0 aliphatic rings. The molecule has 3 amide bonds. The zero-order chi connectivity index (χ0) is 12.8. The Hall–Kier alpha value is -1.14. The van der Waals surface area contributed by atoms with Crippen LogP contribution >= 0.6 is 0 Å². The van der Waals surface area contributed by atoms with E-state index in [0.717, 1.165) is 12.8 Å². The van der Waals surface area contributed by atoms with Gasteiger partial charge in [0.1, 0.15) is 0 Å². The summed E-state index contributed by atoms with van der Waals surface area (Å²) in [6.07, 6.45) is 1.70. The molecule has 0 aromatic rings. The number of urea groups is 1. The Labute approximate surface area is 96.3 Å². The van der Waals surface area contributed by atoms with Crippen molar-refractivity contribution < 1.29 is 9.59 Å². The highest BCUT2D eigenvalue weighted by Gasteiger charge is 2.30. The lowest BCUT2D eigenvalue weighted by atomic mass is 9.91. The first-order valence-corrected chi connectivity index (χ1v) is 5.42. The lowest BCUT2D eigenvalue weighted by Crippen LogP contribution is -2.54. The van der Waals surface area contributed by atoms with Crippen molar-refractivity contribution >= 4 is 11.9 Å². The van der Waals surface area contributed by atoms with Crippen LogP contribution in [0, 0.1) is 0 Å². The van der Waals surface area contributed by atoms with Crippen molar-refractivity contribution in [2.24, 2.45) is 11.5 Å². The molecule has 0 aromatic carbocycles. The van der Waals surface area contributed by atoms with Crippen LogP contribution in [-0.2, 0) is 4.79 Å². The largest absolute Gasteiger partial charge is 0.351 e. The summed E-state index contributed by atoms with van der Waals surface area (Å²) in [7, 11) is 1.82. The molecule has 94 valence electrons. The van der Waals surface area contributed by atoms with Gasteiger partial charge in [0.25, 0.3) is 0 Å². The minimum atomic E-state index is -0.829. The van der Waals surface area contributed by atoms with Crippen LogP contribution in [-0.4, -0.2) is 42.5 Å². The van der Waals surface area contributed by atoms with Crippen molar-refractivity contribution in [1.29, 1.82) is 0 Å². The Morgan fingerprint density at radius 3 is 2.12 bits per heavy atom. The molecule has 0 fully saturated rings. The van der Waals surface area contributed by atoms with Crippen molar-refractivity contribution in [3.8, 4) is 0 Å². The van der Waals surface area contributed by atoms with Gasteiger partial charge in [0.05, 0.1) is 6.54 Å². The molecular weight excluding hydrogens is 208 g/mol. The van der Waals surface area contributed by atoms with Gasteiger partial charge in [-0.25, -0.2) is 4.79 Å². The van der Waals surface area contributed by atoms with Crippen LogP contribution < -0.4 is 16.8 Å². The number of carbonyl (C=O) groups excluding carboxylic acids is 2. The van der Waals surface area contributed by atoms with E-state index in [2.05, 4.69) is 0 Å². The highest BCUT2D eigenvalue weighted by Crippen LogP contribution is 2.20. The van der Waals surface area contributed by atoms with Crippen molar-refractivity contribution in [1.82, 2.24) is 10.2 Å². The third-order valence-electron chi connectivity index (χ3n) is 3.15. The van der Waals surface area contributed by atoms with E-state index < -0.39 is 11.9 Å². The van der Waals surface area contributed by atoms with Gasteiger partial charge < -0.3 is 11.5 Å². The zero-order valence-electron chi connectivity index (χ0n) is 10.2. The molecule has 0 aliphatic heterocycles. The molecule has 6 nitrogen and oxygen atoms in total. The standard InChI is InChI=1S/C10H22N4O2/c1-4-10(5-2,7-11)14(3)6-8(15)13-9(12)16/h4-7,11H2,1-3H3,(H3,12,13,15,16). The number of likely N-dealkylation sites (N-methyl/N-ethyl adjacent to an activating group) is 1.